The molecule has 0 aromatic rings. The molecule has 0 saturated carbocycles. The van der Waals surface area contributed by atoms with E-state index in [2.05, 4.69) is 0 Å². The highest BCUT2D eigenvalue weighted by atomic mass is 16.5. The molecule has 0 heterocycles. The monoisotopic (exact) mass is 233 g/mol. The van der Waals surface area contributed by atoms with Crippen molar-refractivity contribution < 1.29 is 19.4 Å². The average Bonchev–Trinajstić information content (AvgIpc) is 2.15. The van der Waals surface area contributed by atoms with Crippen LogP contribution in [0.25, 0.3) is 0 Å². The van der Waals surface area contributed by atoms with Crippen LogP contribution in [0.3, 0.4) is 0 Å². The number of aliphatic carboxylic acids is 1. The van der Waals surface area contributed by atoms with Gasteiger partial charge in [-0.3, -0.25) is 4.79 Å². The lowest BCUT2D eigenvalue weighted by atomic mass is 9.98. The van der Waals surface area contributed by atoms with Gasteiger partial charge in [0.05, 0.1) is 19.3 Å². The van der Waals surface area contributed by atoms with Gasteiger partial charge < -0.3 is 20.3 Å². The lowest BCUT2D eigenvalue weighted by Gasteiger charge is -2.18. The first-order valence-corrected chi connectivity index (χ1v) is 5.58. The molecule has 0 bridgehead atoms. The van der Waals surface area contributed by atoms with Crippen molar-refractivity contribution in [3.8, 4) is 0 Å². The van der Waals surface area contributed by atoms with Crippen molar-refractivity contribution in [3.63, 3.8) is 0 Å². The van der Waals surface area contributed by atoms with Crippen molar-refractivity contribution in [2.75, 3.05) is 19.8 Å². The fourth-order valence-electron chi connectivity index (χ4n) is 1.09. The first-order chi connectivity index (χ1) is 7.36. The minimum atomic E-state index is -1.15. The maximum Gasteiger partial charge on any atom is 0.323 e. The Balaban J connectivity index is 3.37. The van der Waals surface area contributed by atoms with E-state index in [1.807, 2.05) is 13.8 Å². The van der Waals surface area contributed by atoms with Gasteiger partial charge in [-0.2, -0.15) is 0 Å². The Hall–Kier alpha value is -0.650. The van der Waals surface area contributed by atoms with Crippen molar-refractivity contribution in [2.24, 2.45) is 5.73 Å². The third-order valence-corrected chi connectivity index (χ3v) is 2.15. The van der Waals surface area contributed by atoms with E-state index in [9.17, 15) is 4.79 Å². The van der Waals surface area contributed by atoms with Crippen molar-refractivity contribution in [2.45, 2.75) is 45.3 Å². The molecule has 0 aromatic carbocycles. The third-order valence-electron chi connectivity index (χ3n) is 2.15. The van der Waals surface area contributed by atoms with Gasteiger partial charge in [-0.25, -0.2) is 0 Å². The lowest BCUT2D eigenvalue weighted by Crippen LogP contribution is -2.44. The average molecular weight is 233 g/mol. The molecule has 0 aliphatic rings. The molecule has 1 atom stereocenters. The number of carboxylic acids is 1. The molecule has 0 aliphatic heterocycles. The zero-order valence-corrected chi connectivity index (χ0v) is 10.4. The van der Waals surface area contributed by atoms with Gasteiger partial charge in [0, 0.05) is 6.61 Å². The summed E-state index contributed by atoms with van der Waals surface area (Å²) in [5.74, 6) is -0.976. The minimum absolute atomic E-state index is 0.211. The fraction of sp³-hybridized carbons (Fsp3) is 0.909. The molecule has 5 nitrogen and oxygen atoms in total. The summed E-state index contributed by atoms with van der Waals surface area (Å²) in [6.45, 7) is 7.06. The molecule has 0 rings (SSSR count). The van der Waals surface area contributed by atoms with E-state index in [0.29, 0.717) is 32.7 Å². The smallest absolute Gasteiger partial charge is 0.323 e. The Morgan fingerprint density at radius 3 is 2.50 bits per heavy atom. The zero-order valence-electron chi connectivity index (χ0n) is 10.4. The quantitative estimate of drug-likeness (QED) is 0.581. The molecular formula is C11H23NO4. The highest BCUT2D eigenvalue weighted by molar-refractivity contribution is 5.77. The second-order valence-corrected chi connectivity index (χ2v) is 4.36. The van der Waals surface area contributed by atoms with Gasteiger partial charge in [-0.1, -0.05) is 0 Å². The van der Waals surface area contributed by atoms with Gasteiger partial charge in [0.1, 0.15) is 5.54 Å². The van der Waals surface area contributed by atoms with Crippen LogP contribution in [0.5, 0.6) is 0 Å². The molecule has 0 fully saturated rings. The van der Waals surface area contributed by atoms with Crippen LogP contribution in [0.15, 0.2) is 0 Å². The van der Waals surface area contributed by atoms with Crippen LogP contribution in [-0.4, -0.2) is 42.5 Å². The Kier molecular flexibility index (Phi) is 7.29. The van der Waals surface area contributed by atoms with Crippen LogP contribution in [0.4, 0.5) is 0 Å². The van der Waals surface area contributed by atoms with Crippen LogP contribution in [0, 0.1) is 0 Å². The van der Waals surface area contributed by atoms with Crippen LogP contribution in [0.2, 0.25) is 0 Å². The van der Waals surface area contributed by atoms with Crippen LogP contribution < -0.4 is 5.73 Å². The zero-order chi connectivity index (χ0) is 12.6. The summed E-state index contributed by atoms with van der Waals surface area (Å²) in [7, 11) is 0. The number of carboxylic acid groups (broad SMARTS) is 1. The lowest BCUT2D eigenvalue weighted by molar-refractivity contribution is -0.143. The first-order valence-electron chi connectivity index (χ1n) is 5.58. The van der Waals surface area contributed by atoms with Gasteiger partial charge in [-0.05, 0) is 33.6 Å². The maximum absolute atomic E-state index is 10.7. The highest BCUT2D eigenvalue weighted by Crippen LogP contribution is 2.08. The summed E-state index contributed by atoms with van der Waals surface area (Å²) in [5.41, 5.74) is 4.41. The van der Waals surface area contributed by atoms with Gasteiger partial charge in [-0.15, -0.1) is 0 Å². The number of hydrogen-bond donors (Lipinski definition) is 2. The van der Waals surface area contributed by atoms with E-state index in [0.717, 1.165) is 0 Å². The predicted octanol–water partition coefficient (Wildman–Crippen LogP) is 1.01. The molecule has 0 amide bonds. The SMILES string of the molecule is CC(C)OCCOCCCC(C)(N)C(=O)O. The topological polar surface area (TPSA) is 81.8 Å². The summed E-state index contributed by atoms with van der Waals surface area (Å²) < 4.78 is 10.6. The van der Waals surface area contributed by atoms with Gasteiger partial charge in [0.2, 0.25) is 0 Å². The molecule has 0 radical (unpaired) electrons. The predicted molar refractivity (Wildman–Crippen MR) is 61.4 cm³/mol. The number of rotatable bonds is 9. The largest absolute Gasteiger partial charge is 0.480 e. The van der Waals surface area contributed by atoms with Crippen molar-refractivity contribution >= 4 is 5.97 Å². The van der Waals surface area contributed by atoms with Crippen LogP contribution in [0.1, 0.15) is 33.6 Å². The molecule has 5 heteroatoms. The molecule has 16 heavy (non-hydrogen) atoms. The summed E-state index contributed by atoms with van der Waals surface area (Å²) in [4.78, 5) is 10.7. The fourth-order valence-corrected chi connectivity index (χ4v) is 1.09. The van der Waals surface area contributed by atoms with E-state index in [1.54, 1.807) is 0 Å². The molecule has 0 aromatic heterocycles. The van der Waals surface area contributed by atoms with Crippen LogP contribution in [-0.2, 0) is 14.3 Å². The van der Waals surface area contributed by atoms with Crippen LogP contribution >= 0.6 is 0 Å². The summed E-state index contributed by atoms with van der Waals surface area (Å²) in [5, 5.41) is 8.76. The highest BCUT2D eigenvalue weighted by Gasteiger charge is 2.26. The molecule has 0 spiro atoms. The number of hydrogen-bond acceptors (Lipinski definition) is 4. The van der Waals surface area contributed by atoms with E-state index >= 15 is 0 Å². The van der Waals surface area contributed by atoms with Gasteiger partial charge in [0.15, 0.2) is 0 Å². The van der Waals surface area contributed by atoms with E-state index in [4.69, 9.17) is 20.3 Å². The Morgan fingerprint density at radius 2 is 2.00 bits per heavy atom. The third kappa shape index (κ3) is 7.62. The van der Waals surface area contributed by atoms with E-state index < -0.39 is 11.5 Å². The summed E-state index contributed by atoms with van der Waals surface area (Å²) in [6.07, 6.45) is 1.26. The molecule has 0 saturated heterocycles. The second kappa shape index (κ2) is 7.60. The van der Waals surface area contributed by atoms with Gasteiger partial charge in [0.25, 0.3) is 0 Å². The number of ether oxygens (including phenoxy) is 2. The first kappa shape index (κ1) is 15.3. The molecule has 3 N–H and O–H groups in total. The Labute approximate surface area is 96.9 Å². The standard InChI is InChI=1S/C11H23NO4/c1-9(2)16-8-7-15-6-4-5-11(3,12)10(13)14/h9H,4-8,12H2,1-3H3,(H,13,14). The Bertz CT molecular complexity index is 204. The van der Waals surface area contributed by atoms with E-state index in [1.165, 1.54) is 6.92 Å². The molecule has 1 unspecified atom stereocenters. The summed E-state index contributed by atoms with van der Waals surface area (Å²) >= 11 is 0. The Morgan fingerprint density at radius 1 is 1.38 bits per heavy atom. The number of carbonyl (C=O) groups is 1. The number of nitrogens with two attached hydrogens (primary N) is 1. The molecule has 0 aliphatic carbocycles. The van der Waals surface area contributed by atoms with Crippen molar-refractivity contribution in [1.82, 2.24) is 0 Å². The van der Waals surface area contributed by atoms with Gasteiger partial charge >= 0.3 is 5.97 Å². The normalized spacial score (nSPS) is 15.1. The maximum atomic E-state index is 10.7. The van der Waals surface area contributed by atoms with Crippen molar-refractivity contribution in [1.29, 1.82) is 0 Å². The molecular weight excluding hydrogens is 210 g/mol. The second-order valence-electron chi connectivity index (χ2n) is 4.36. The summed E-state index contributed by atoms with van der Waals surface area (Å²) in [6, 6.07) is 0. The molecule has 96 valence electrons. The van der Waals surface area contributed by atoms with Crippen molar-refractivity contribution in [3.05, 3.63) is 0 Å². The minimum Gasteiger partial charge on any atom is -0.480 e. The van der Waals surface area contributed by atoms with E-state index in [-0.39, 0.29) is 6.10 Å².